The van der Waals surface area contributed by atoms with Gasteiger partial charge in [0.1, 0.15) is 6.10 Å². The minimum Gasteiger partial charge on any atom is -0.461 e. The lowest BCUT2D eigenvalue weighted by Gasteiger charge is -2.27. The highest BCUT2D eigenvalue weighted by Gasteiger charge is 2.67. The number of benzene rings is 2. The van der Waals surface area contributed by atoms with Crippen molar-refractivity contribution in [2.45, 2.75) is 31.2 Å². The van der Waals surface area contributed by atoms with E-state index in [0.29, 0.717) is 11.3 Å². The van der Waals surface area contributed by atoms with Gasteiger partial charge in [0, 0.05) is 22.9 Å². The molecule has 1 aliphatic heterocycles. The number of rotatable bonds is 4. The SMILES string of the molecule is Cc1ccc(NC(=O)c2cccc(NC(=O)[C@@H]3[C@H]4C[C@H]5[C@H](OC(=O)[C@@H]53)[C@@H]4Br)c2)cc1C. The molecular weight excluding hydrogens is 460 g/mol. The van der Waals surface area contributed by atoms with Gasteiger partial charge < -0.3 is 15.4 Å². The molecule has 3 fully saturated rings. The summed E-state index contributed by atoms with van der Waals surface area (Å²) in [7, 11) is 0. The molecule has 2 N–H and O–H groups in total. The third-order valence-corrected chi connectivity index (χ3v) is 8.18. The van der Waals surface area contributed by atoms with Gasteiger partial charge in [-0.3, -0.25) is 14.4 Å². The highest BCUT2D eigenvalue weighted by Crippen LogP contribution is 2.60. The first kappa shape index (κ1) is 20.2. The molecule has 6 nitrogen and oxygen atoms in total. The van der Waals surface area contributed by atoms with Gasteiger partial charge in [-0.1, -0.05) is 28.1 Å². The van der Waals surface area contributed by atoms with Gasteiger partial charge in [0.05, 0.1) is 16.7 Å². The maximum absolute atomic E-state index is 13.1. The largest absolute Gasteiger partial charge is 0.461 e. The van der Waals surface area contributed by atoms with E-state index < -0.39 is 5.92 Å². The highest BCUT2D eigenvalue weighted by molar-refractivity contribution is 9.09. The lowest BCUT2D eigenvalue weighted by Crippen LogP contribution is -2.40. The number of ether oxygens (including phenoxy) is 1. The van der Waals surface area contributed by atoms with Gasteiger partial charge in [-0.05, 0) is 67.6 Å². The molecule has 2 amide bonds. The number of anilines is 2. The molecule has 0 unspecified atom stereocenters. The Morgan fingerprint density at radius 1 is 1.00 bits per heavy atom. The van der Waals surface area contributed by atoms with Crippen LogP contribution in [0.5, 0.6) is 0 Å². The average Bonchev–Trinajstić information content (AvgIpc) is 3.35. The van der Waals surface area contributed by atoms with Crippen LogP contribution in [-0.2, 0) is 14.3 Å². The second-order valence-electron chi connectivity index (χ2n) is 8.78. The van der Waals surface area contributed by atoms with Crippen molar-refractivity contribution in [3.8, 4) is 0 Å². The Hall–Kier alpha value is -2.67. The number of halogens is 1. The lowest BCUT2D eigenvalue weighted by atomic mass is 9.79. The zero-order valence-corrected chi connectivity index (χ0v) is 18.8. The van der Waals surface area contributed by atoms with Crippen molar-refractivity contribution < 1.29 is 19.1 Å². The zero-order valence-electron chi connectivity index (χ0n) is 17.2. The predicted octanol–water partition coefficient (Wildman–Crippen LogP) is 4.07. The summed E-state index contributed by atoms with van der Waals surface area (Å²) in [4.78, 5) is 38.1. The Bertz CT molecular complexity index is 1100. The first-order valence-electron chi connectivity index (χ1n) is 10.5. The molecule has 2 aromatic carbocycles. The van der Waals surface area contributed by atoms with Crippen LogP contribution in [0.2, 0.25) is 0 Å². The van der Waals surface area contributed by atoms with Crippen molar-refractivity contribution in [2.75, 3.05) is 10.6 Å². The summed E-state index contributed by atoms with van der Waals surface area (Å²) in [5, 5.41) is 5.82. The molecule has 2 aliphatic carbocycles. The molecule has 7 heteroatoms. The van der Waals surface area contributed by atoms with Gasteiger partial charge in [-0.15, -0.1) is 0 Å². The number of hydrogen-bond acceptors (Lipinski definition) is 4. The summed E-state index contributed by atoms with van der Waals surface area (Å²) < 4.78 is 5.49. The number of nitrogens with one attached hydrogen (secondary N) is 2. The van der Waals surface area contributed by atoms with Crippen molar-refractivity contribution >= 4 is 45.1 Å². The van der Waals surface area contributed by atoms with E-state index in [9.17, 15) is 14.4 Å². The van der Waals surface area contributed by atoms with Crippen LogP contribution in [0.3, 0.4) is 0 Å². The van der Waals surface area contributed by atoms with Crippen LogP contribution in [0.25, 0.3) is 0 Å². The van der Waals surface area contributed by atoms with Gasteiger partial charge in [0.2, 0.25) is 5.91 Å². The van der Waals surface area contributed by atoms with Crippen LogP contribution in [0.1, 0.15) is 27.9 Å². The van der Waals surface area contributed by atoms with E-state index in [-0.39, 0.29) is 46.5 Å². The van der Waals surface area contributed by atoms with Gasteiger partial charge in [0.25, 0.3) is 5.91 Å². The summed E-state index contributed by atoms with van der Waals surface area (Å²) in [5.74, 6) is -1.27. The smallest absolute Gasteiger partial charge is 0.310 e. The minimum absolute atomic E-state index is 0.0195. The maximum atomic E-state index is 13.1. The molecule has 2 aromatic rings. The van der Waals surface area contributed by atoms with Crippen LogP contribution < -0.4 is 10.6 Å². The lowest BCUT2D eigenvalue weighted by molar-refractivity contribution is -0.145. The van der Waals surface area contributed by atoms with Crippen LogP contribution in [0.4, 0.5) is 11.4 Å². The van der Waals surface area contributed by atoms with Gasteiger partial charge in [0.15, 0.2) is 0 Å². The molecule has 0 spiro atoms. The molecular formula is C24H23BrN2O4. The minimum atomic E-state index is -0.409. The molecule has 0 aromatic heterocycles. The number of fused-ring (bicyclic) bond motifs is 1. The van der Waals surface area contributed by atoms with E-state index in [2.05, 4.69) is 26.6 Å². The second-order valence-corrected chi connectivity index (χ2v) is 9.84. The molecule has 5 rings (SSSR count). The Labute approximate surface area is 188 Å². The number of hydrogen-bond donors (Lipinski definition) is 2. The number of alkyl halides is 1. The van der Waals surface area contributed by atoms with Crippen molar-refractivity contribution in [2.24, 2.45) is 23.7 Å². The number of esters is 1. The summed E-state index contributed by atoms with van der Waals surface area (Å²) in [6.45, 7) is 4.02. The normalized spacial score (nSPS) is 30.2. The Morgan fingerprint density at radius 3 is 2.55 bits per heavy atom. The summed E-state index contributed by atoms with van der Waals surface area (Å²) in [6, 6.07) is 12.6. The van der Waals surface area contributed by atoms with Crippen LogP contribution in [0, 0.1) is 37.5 Å². The molecule has 3 aliphatic rings. The fraction of sp³-hybridized carbons (Fsp3) is 0.375. The topological polar surface area (TPSA) is 84.5 Å². The second kappa shape index (κ2) is 7.48. The fourth-order valence-electron chi connectivity index (χ4n) is 5.32. The first-order chi connectivity index (χ1) is 14.8. The molecule has 1 saturated heterocycles. The van der Waals surface area contributed by atoms with E-state index >= 15 is 0 Å². The quantitative estimate of drug-likeness (QED) is 0.508. The molecule has 2 bridgehead atoms. The maximum Gasteiger partial charge on any atom is 0.310 e. The predicted molar refractivity (Wildman–Crippen MR) is 120 cm³/mol. The number of carbonyl (C=O) groups is 3. The Kier molecular flexibility index (Phi) is 4.88. The van der Waals surface area contributed by atoms with Crippen molar-refractivity contribution in [3.63, 3.8) is 0 Å². The average molecular weight is 483 g/mol. The van der Waals surface area contributed by atoms with E-state index in [1.807, 2.05) is 32.0 Å². The van der Waals surface area contributed by atoms with E-state index in [4.69, 9.17) is 4.74 Å². The number of amides is 2. The molecule has 2 saturated carbocycles. The van der Waals surface area contributed by atoms with Crippen LogP contribution in [0.15, 0.2) is 42.5 Å². The van der Waals surface area contributed by atoms with Gasteiger partial charge in [-0.2, -0.15) is 0 Å². The third-order valence-electron chi connectivity index (χ3n) is 6.98. The summed E-state index contributed by atoms with van der Waals surface area (Å²) in [5.41, 5.74) is 3.97. The Balaban J connectivity index is 1.30. The first-order valence-corrected chi connectivity index (χ1v) is 11.4. The summed E-state index contributed by atoms with van der Waals surface area (Å²) in [6.07, 6.45) is 0.719. The number of aryl methyl sites for hydroxylation is 2. The van der Waals surface area contributed by atoms with E-state index in [1.54, 1.807) is 24.3 Å². The molecule has 160 valence electrons. The van der Waals surface area contributed by atoms with E-state index in [0.717, 1.165) is 23.2 Å². The summed E-state index contributed by atoms with van der Waals surface area (Å²) >= 11 is 3.63. The fourth-order valence-corrected chi connectivity index (χ4v) is 6.36. The van der Waals surface area contributed by atoms with Crippen LogP contribution >= 0.6 is 15.9 Å². The standard InChI is InChI=1S/C24H23BrN2O4/c1-11-6-7-15(8-12(11)2)26-22(28)13-4-3-5-14(9-13)27-23(29)18-16-10-17-19(18)24(30)31-21(17)20(16)25/h3-9,16-21H,10H2,1-2H3,(H,26,28)(H,27,29)/t16-,17-,18-,19+,20-,21+/m1/s1. The molecule has 6 atom stereocenters. The zero-order chi connectivity index (χ0) is 21.9. The molecule has 1 heterocycles. The number of carbonyl (C=O) groups excluding carboxylic acids is 3. The highest BCUT2D eigenvalue weighted by atomic mass is 79.9. The van der Waals surface area contributed by atoms with Gasteiger partial charge in [-0.25, -0.2) is 0 Å². The monoisotopic (exact) mass is 482 g/mol. The van der Waals surface area contributed by atoms with E-state index in [1.165, 1.54) is 0 Å². The molecule has 31 heavy (non-hydrogen) atoms. The Morgan fingerprint density at radius 2 is 1.77 bits per heavy atom. The third kappa shape index (κ3) is 3.35. The van der Waals surface area contributed by atoms with Crippen molar-refractivity contribution in [1.29, 1.82) is 0 Å². The van der Waals surface area contributed by atoms with Gasteiger partial charge >= 0.3 is 5.97 Å². The molecule has 0 radical (unpaired) electrons. The van der Waals surface area contributed by atoms with Crippen molar-refractivity contribution in [3.05, 3.63) is 59.2 Å². The van der Waals surface area contributed by atoms with Crippen LogP contribution in [-0.4, -0.2) is 28.7 Å². The van der Waals surface area contributed by atoms with Crippen molar-refractivity contribution in [1.82, 2.24) is 0 Å².